The number of aliphatic hydroxyl groups is 1. The number of aromatic hydroxyl groups is 1. The third-order valence-corrected chi connectivity index (χ3v) is 5.17. The number of nitrogens with two attached hydrogens (primary N) is 1. The summed E-state index contributed by atoms with van der Waals surface area (Å²) in [6.45, 7) is 3.92. The van der Waals surface area contributed by atoms with E-state index in [1.54, 1.807) is 12.1 Å². The van der Waals surface area contributed by atoms with E-state index in [9.17, 15) is 9.59 Å². The second kappa shape index (κ2) is 17.6. The third kappa shape index (κ3) is 13.2. The molecule has 0 aliphatic carbocycles. The Hall–Kier alpha value is -2.96. The fourth-order valence-electron chi connectivity index (χ4n) is 3.44. The molecular weight excluding hydrogens is 416 g/mol. The number of Topliss-reactive ketones (excluding diaryl/α,β-unsaturated/α-hetero) is 1. The van der Waals surface area contributed by atoms with Gasteiger partial charge in [0.15, 0.2) is 5.78 Å². The quantitative estimate of drug-likeness (QED) is 0.364. The molecule has 0 unspecified atom stereocenters. The van der Waals surface area contributed by atoms with Crippen molar-refractivity contribution in [1.82, 2.24) is 4.90 Å². The molecule has 1 saturated heterocycles. The van der Waals surface area contributed by atoms with Crippen LogP contribution in [0.25, 0.3) is 6.08 Å². The van der Waals surface area contributed by atoms with Crippen molar-refractivity contribution < 1.29 is 19.8 Å². The smallest absolute Gasteiger partial charge is 0.217 e. The van der Waals surface area contributed by atoms with Crippen LogP contribution in [0.1, 0.15) is 60.9 Å². The lowest BCUT2D eigenvalue weighted by molar-refractivity contribution is -0.118. The normalized spacial score (nSPS) is 13.0. The molecule has 180 valence electrons. The minimum atomic E-state index is -0.395. The lowest BCUT2D eigenvalue weighted by Crippen LogP contribution is -2.19. The molecule has 0 bridgehead atoms. The number of likely N-dealkylation sites (tertiary alicyclic amines) is 1. The van der Waals surface area contributed by atoms with Gasteiger partial charge in [0, 0.05) is 25.5 Å². The van der Waals surface area contributed by atoms with Gasteiger partial charge < -0.3 is 20.8 Å². The van der Waals surface area contributed by atoms with E-state index in [-0.39, 0.29) is 18.0 Å². The summed E-state index contributed by atoms with van der Waals surface area (Å²) in [4.78, 5) is 24.5. The number of amides is 1. The average Bonchev–Trinajstić information content (AvgIpc) is 3.35. The molecule has 1 fully saturated rings. The summed E-state index contributed by atoms with van der Waals surface area (Å²) in [5.41, 5.74) is 6.80. The second-order valence-corrected chi connectivity index (χ2v) is 7.79. The predicted octanol–water partition coefficient (Wildman–Crippen LogP) is 4.41. The molecule has 1 aliphatic heterocycles. The van der Waals surface area contributed by atoms with Crippen LogP contribution in [0, 0.1) is 0 Å². The highest BCUT2D eigenvalue weighted by molar-refractivity contribution is 5.96. The van der Waals surface area contributed by atoms with E-state index in [0.29, 0.717) is 18.4 Å². The molecule has 2 aromatic carbocycles. The van der Waals surface area contributed by atoms with E-state index in [4.69, 9.17) is 15.9 Å². The number of ketones is 1. The molecule has 6 nitrogen and oxygen atoms in total. The van der Waals surface area contributed by atoms with Crippen molar-refractivity contribution in [2.24, 2.45) is 5.73 Å². The van der Waals surface area contributed by atoms with Gasteiger partial charge >= 0.3 is 0 Å². The van der Waals surface area contributed by atoms with E-state index < -0.39 is 5.91 Å². The van der Waals surface area contributed by atoms with Gasteiger partial charge in [0.2, 0.25) is 5.91 Å². The molecule has 2 aromatic rings. The van der Waals surface area contributed by atoms with Gasteiger partial charge in [-0.1, -0.05) is 42.5 Å². The molecule has 0 aromatic heterocycles. The standard InChI is InChI=1S/C15H21N.C11H13NO3.CH4O/c1-3-9-15(10-4-1)11-5-2-6-12-16-13-7-8-14-16;12-11(15)3-1-2-10(14)8-4-6-9(13)7-5-8;1-2/h1,3-5,9-11H,2,6-8,12-14H2;4-7,13H,1-3H2,(H2,12,15);2H,1H3/b11-5+;;. The van der Waals surface area contributed by atoms with E-state index in [2.05, 4.69) is 47.4 Å². The second-order valence-electron chi connectivity index (χ2n) is 7.79. The Balaban J connectivity index is 0.000000308. The number of allylic oxidation sites excluding steroid dienone is 1. The summed E-state index contributed by atoms with van der Waals surface area (Å²) in [7, 11) is 1.00. The van der Waals surface area contributed by atoms with Gasteiger partial charge in [-0.25, -0.2) is 0 Å². The van der Waals surface area contributed by atoms with Crippen LogP contribution in [0.15, 0.2) is 60.7 Å². The lowest BCUT2D eigenvalue weighted by atomic mass is 10.1. The van der Waals surface area contributed by atoms with Gasteiger partial charge in [-0.15, -0.1) is 0 Å². The molecule has 4 N–H and O–H groups in total. The van der Waals surface area contributed by atoms with Crippen LogP contribution < -0.4 is 5.73 Å². The number of hydrogen-bond donors (Lipinski definition) is 3. The first kappa shape index (κ1) is 28.1. The molecule has 0 atom stereocenters. The first-order chi connectivity index (χ1) is 16.0. The third-order valence-electron chi connectivity index (χ3n) is 5.17. The number of unbranched alkanes of at least 4 members (excludes halogenated alkanes) is 1. The Bertz CT molecular complexity index is 814. The molecule has 1 heterocycles. The summed E-state index contributed by atoms with van der Waals surface area (Å²) in [5.74, 6) is -0.312. The first-order valence-corrected chi connectivity index (χ1v) is 11.5. The van der Waals surface area contributed by atoms with Crippen molar-refractivity contribution in [2.45, 2.75) is 44.9 Å². The number of carbonyl (C=O) groups is 2. The van der Waals surface area contributed by atoms with Crippen molar-refractivity contribution in [3.8, 4) is 5.75 Å². The highest BCUT2D eigenvalue weighted by Gasteiger charge is 2.09. The molecule has 33 heavy (non-hydrogen) atoms. The van der Waals surface area contributed by atoms with Crippen molar-refractivity contribution in [1.29, 1.82) is 0 Å². The van der Waals surface area contributed by atoms with Gasteiger partial charge in [-0.2, -0.15) is 0 Å². The zero-order valence-electron chi connectivity index (χ0n) is 19.7. The molecule has 0 radical (unpaired) electrons. The maximum Gasteiger partial charge on any atom is 0.217 e. The summed E-state index contributed by atoms with van der Waals surface area (Å²) in [5, 5.41) is 16.0. The molecule has 0 saturated carbocycles. The van der Waals surface area contributed by atoms with Crippen LogP contribution >= 0.6 is 0 Å². The van der Waals surface area contributed by atoms with Crippen LogP contribution in [-0.4, -0.2) is 53.5 Å². The number of benzene rings is 2. The van der Waals surface area contributed by atoms with E-state index in [1.807, 2.05) is 0 Å². The number of rotatable bonds is 10. The van der Waals surface area contributed by atoms with Crippen LogP contribution in [-0.2, 0) is 4.79 Å². The van der Waals surface area contributed by atoms with Crippen molar-refractivity contribution >= 4 is 17.8 Å². The van der Waals surface area contributed by atoms with Crippen molar-refractivity contribution in [2.75, 3.05) is 26.7 Å². The number of nitrogens with zero attached hydrogens (tertiary/aromatic N) is 1. The van der Waals surface area contributed by atoms with Gasteiger partial charge in [0.05, 0.1) is 0 Å². The number of phenolic OH excluding ortho intramolecular Hbond substituents is 1. The van der Waals surface area contributed by atoms with Crippen LogP contribution in [0.4, 0.5) is 0 Å². The van der Waals surface area contributed by atoms with Gasteiger partial charge in [0.25, 0.3) is 0 Å². The Morgan fingerprint density at radius 2 is 1.58 bits per heavy atom. The van der Waals surface area contributed by atoms with Gasteiger partial charge in [-0.3, -0.25) is 9.59 Å². The molecule has 6 heteroatoms. The fourth-order valence-corrected chi connectivity index (χ4v) is 3.44. The molecule has 3 rings (SSSR count). The van der Waals surface area contributed by atoms with Crippen molar-refractivity contribution in [3.63, 3.8) is 0 Å². The molecule has 0 spiro atoms. The zero-order chi connectivity index (χ0) is 24.3. The number of phenols is 1. The summed E-state index contributed by atoms with van der Waals surface area (Å²) < 4.78 is 0. The predicted molar refractivity (Wildman–Crippen MR) is 134 cm³/mol. The van der Waals surface area contributed by atoms with E-state index in [1.165, 1.54) is 63.0 Å². The highest BCUT2D eigenvalue weighted by atomic mass is 16.3. The number of aliphatic hydroxyl groups excluding tert-OH is 1. The maximum absolute atomic E-state index is 11.5. The SMILES string of the molecule is C(=C\c1ccccc1)/CCCN1CCCC1.CO.NC(=O)CCCC(=O)c1ccc(O)cc1. The topological polar surface area (TPSA) is 104 Å². The first-order valence-electron chi connectivity index (χ1n) is 11.5. The number of primary amides is 1. The number of hydrogen-bond acceptors (Lipinski definition) is 5. The number of carbonyl (C=O) groups excluding carboxylic acids is 2. The highest BCUT2D eigenvalue weighted by Crippen LogP contribution is 2.12. The van der Waals surface area contributed by atoms with Gasteiger partial charge in [-0.05, 0) is 81.6 Å². The lowest BCUT2D eigenvalue weighted by Gasteiger charge is -2.12. The van der Waals surface area contributed by atoms with Crippen LogP contribution in [0.5, 0.6) is 5.75 Å². The van der Waals surface area contributed by atoms with Gasteiger partial charge in [0.1, 0.15) is 5.75 Å². The molecule has 1 aliphatic rings. The summed E-state index contributed by atoms with van der Waals surface area (Å²) in [6, 6.07) is 16.6. The molecule has 1 amide bonds. The fraction of sp³-hybridized carbons (Fsp3) is 0.407. The Labute approximate surface area is 197 Å². The van der Waals surface area contributed by atoms with Crippen LogP contribution in [0.2, 0.25) is 0 Å². The maximum atomic E-state index is 11.5. The monoisotopic (exact) mass is 454 g/mol. The van der Waals surface area contributed by atoms with E-state index >= 15 is 0 Å². The Morgan fingerprint density at radius 1 is 0.939 bits per heavy atom. The summed E-state index contributed by atoms with van der Waals surface area (Å²) >= 11 is 0. The minimum absolute atomic E-state index is 0.0451. The summed E-state index contributed by atoms with van der Waals surface area (Å²) in [6.07, 6.45) is 10.8. The van der Waals surface area contributed by atoms with E-state index in [0.717, 1.165) is 7.11 Å². The Kier molecular flexibility index (Phi) is 15.0. The Morgan fingerprint density at radius 3 is 2.18 bits per heavy atom. The largest absolute Gasteiger partial charge is 0.508 e. The van der Waals surface area contributed by atoms with Crippen molar-refractivity contribution in [3.05, 3.63) is 71.8 Å². The van der Waals surface area contributed by atoms with Crippen LogP contribution in [0.3, 0.4) is 0 Å². The molecular formula is C27H38N2O4. The zero-order valence-corrected chi connectivity index (χ0v) is 19.7. The average molecular weight is 455 g/mol. The minimum Gasteiger partial charge on any atom is -0.508 e.